The summed E-state index contributed by atoms with van der Waals surface area (Å²) in [4.78, 5) is 23.1. The Morgan fingerprint density at radius 3 is 2.80 bits per heavy atom. The zero-order valence-corrected chi connectivity index (χ0v) is 15.2. The monoisotopic (exact) mass is 338 g/mol. The Labute approximate surface area is 149 Å². The van der Waals surface area contributed by atoms with Gasteiger partial charge in [-0.1, -0.05) is 24.3 Å². The Morgan fingerprint density at radius 2 is 2.04 bits per heavy atom. The van der Waals surface area contributed by atoms with E-state index in [1.807, 2.05) is 6.92 Å². The maximum Gasteiger partial charge on any atom is 0.270 e. The van der Waals surface area contributed by atoms with Crippen molar-refractivity contribution in [3.05, 3.63) is 58.7 Å². The number of benzene rings is 1. The van der Waals surface area contributed by atoms with Crippen LogP contribution in [-0.2, 0) is 0 Å². The fraction of sp³-hybridized carbons (Fsp3) is 0.450. The van der Waals surface area contributed by atoms with Crippen LogP contribution in [0.25, 0.3) is 0 Å². The van der Waals surface area contributed by atoms with E-state index in [2.05, 4.69) is 51.4 Å². The van der Waals surface area contributed by atoms with E-state index in [0.29, 0.717) is 24.0 Å². The molecule has 1 aliphatic heterocycles. The second kappa shape index (κ2) is 7.74. The molecule has 1 atom stereocenters. The summed E-state index contributed by atoms with van der Waals surface area (Å²) >= 11 is 0. The first-order valence-corrected chi connectivity index (χ1v) is 8.91. The molecule has 1 aromatic heterocycles. The van der Waals surface area contributed by atoms with E-state index in [1.54, 1.807) is 13.0 Å². The van der Waals surface area contributed by atoms with Crippen LogP contribution < -0.4 is 5.32 Å². The van der Waals surface area contributed by atoms with Crippen molar-refractivity contribution in [3.8, 4) is 0 Å². The molecule has 25 heavy (non-hydrogen) atoms. The van der Waals surface area contributed by atoms with Crippen molar-refractivity contribution in [2.75, 3.05) is 26.2 Å². The highest BCUT2D eigenvalue weighted by atomic mass is 16.1. The normalized spacial score (nSPS) is 17.6. The maximum atomic E-state index is 12.2. The molecule has 2 heterocycles. The average molecular weight is 338 g/mol. The van der Waals surface area contributed by atoms with Crippen molar-refractivity contribution in [2.24, 2.45) is 0 Å². The second-order valence-electron chi connectivity index (χ2n) is 6.84. The molecule has 1 fully saturated rings. The highest BCUT2D eigenvalue weighted by Gasteiger charge is 2.24. The van der Waals surface area contributed by atoms with Gasteiger partial charge in [-0.25, -0.2) is 9.97 Å². The summed E-state index contributed by atoms with van der Waals surface area (Å²) in [5.74, 6) is 1.11. The summed E-state index contributed by atoms with van der Waals surface area (Å²) in [5, 5.41) is 2.98. The van der Waals surface area contributed by atoms with Gasteiger partial charge in [-0.05, 0) is 56.8 Å². The quantitative estimate of drug-likeness (QED) is 0.910. The molecule has 1 amide bonds. The third-order valence-electron chi connectivity index (χ3n) is 4.81. The van der Waals surface area contributed by atoms with Gasteiger partial charge in [0, 0.05) is 25.3 Å². The minimum atomic E-state index is -0.122. The highest BCUT2D eigenvalue weighted by Crippen LogP contribution is 2.28. The Balaban J connectivity index is 1.48. The number of likely N-dealkylation sites (tertiary alicyclic amines) is 1. The average Bonchev–Trinajstić information content (AvgIpc) is 3.03. The molecule has 132 valence electrons. The lowest BCUT2D eigenvalue weighted by atomic mass is 9.94. The van der Waals surface area contributed by atoms with Gasteiger partial charge in [0.2, 0.25) is 0 Å². The molecule has 0 spiro atoms. The smallest absolute Gasteiger partial charge is 0.270 e. The van der Waals surface area contributed by atoms with E-state index in [1.165, 1.54) is 17.5 Å². The Bertz CT molecular complexity index is 739. The zero-order chi connectivity index (χ0) is 17.8. The minimum absolute atomic E-state index is 0.122. The summed E-state index contributed by atoms with van der Waals surface area (Å²) in [6.07, 6.45) is 1.18. The summed E-state index contributed by atoms with van der Waals surface area (Å²) in [6, 6.07) is 10.4. The molecule has 0 aliphatic carbocycles. The molecule has 0 bridgehead atoms. The summed E-state index contributed by atoms with van der Waals surface area (Å²) in [7, 11) is 0. The van der Waals surface area contributed by atoms with Gasteiger partial charge in [-0.2, -0.15) is 0 Å². The standard InChI is InChI=1S/C20H26N4O/c1-14-6-4-5-7-18(14)17-8-10-24(13-17)11-9-21-20(25)19-12-15(2)22-16(3)23-19/h4-7,12,17H,8-11,13H2,1-3H3,(H,21,25). The minimum Gasteiger partial charge on any atom is -0.349 e. The van der Waals surface area contributed by atoms with Crippen LogP contribution in [0.3, 0.4) is 0 Å². The molecule has 1 aromatic carbocycles. The third kappa shape index (κ3) is 4.42. The van der Waals surface area contributed by atoms with E-state index in [0.717, 1.165) is 25.3 Å². The Hall–Kier alpha value is -2.27. The molecular formula is C20H26N4O. The third-order valence-corrected chi connectivity index (χ3v) is 4.81. The molecule has 5 nitrogen and oxygen atoms in total. The van der Waals surface area contributed by atoms with Crippen LogP contribution in [0.15, 0.2) is 30.3 Å². The van der Waals surface area contributed by atoms with Gasteiger partial charge < -0.3 is 10.2 Å². The predicted molar refractivity (Wildman–Crippen MR) is 98.8 cm³/mol. The topological polar surface area (TPSA) is 58.1 Å². The highest BCUT2D eigenvalue weighted by molar-refractivity contribution is 5.92. The second-order valence-corrected chi connectivity index (χ2v) is 6.84. The van der Waals surface area contributed by atoms with Gasteiger partial charge in [-0.15, -0.1) is 0 Å². The predicted octanol–water partition coefficient (Wildman–Crippen LogP) is 2.62. The molecule has 0 radical (unpaired) electrons. The van der Waals surface area contributed by atoms with Crippen LogP contribution in [0, 0.1) is 20.8 Å². The van der Waals surface area contributed by atoms with Crippen molar-refractivity contribution < 1.29 is 4.79 Å². The van der Waals surface area contributed by atoms with E-state index in [-0.39, 0.29) is 5.91 Å². The summed E-state index contributed by atoms with van der Waals surface area (Å²) < 4.78 is 0. The Kier molecular flexibility index (Phi) is 5.43. The fourth-order valence-electron chi connectivity index (χ4n) is 3.59. The van der Waals surface area contributed by atoms with Crippen molar-refractivity contribution in [3.63, 3.8) is 0 Å². The van der Waals surface area contributed by atoms with Gasteiger partial charge >= 0.3 is 0 Å². The fourth-order valence-corrected chi connectivity index (χ4v) is 3.59. The van der Waals surface area contributed by atoms with Crippen molar-refractivity contribution in [2.45, 2.75) is 33.1 Å². The van der Waals surface area contributed by atoms with E-state index < -0.39 is 0 Å². The van der Waals surface area contributed by atoms with Gasteiger partial charge in [0.1, 0.15) is 11.5 Å². The first-order valence-electron chi connectivity index (χ1n) is 8.91. The summed E-state index contributed by atoms with van der Waals surface area (Å²) in [6.45, 7) is 9.52. The molecule has 1 saturated heterocycles. The molecule has 5 heteroatoms. The van der Waals surface area contributed by atoms with Gasteiger partial charge in [0.05, 0.1) is 0 Å². The number of hydrogen-bond donors (Lipinski definition) is 1. The molecular weight excluding hydrogens is 312 g/mol. The lowest BCUT2D eigenvalue weighted by Crippen LogP contribution is -2.34. The number of aryl methyl sites for hydroxylation is 3. The number of carbonyl (C=O) groups is 1. The number of nitrogens with zero attached hydrogens (tertiary/aromatic N) is 3. The SMILES string of the molecule is Cc1cc(C(=O)NCCN2CCC(c3ccccc3C)C2)nc(C)n1. The number of rotatable bonds is 5. The molecule has 1 aliphatic rings. The number of carbonyl (C=O) groups excluding carboxylic acids is 1. The van der Waals surface area contributed by atoms with Gasteiger partial charge in [-0.3, -0.25) is 4.79 Å². The molecule has 2 aromatic rings. The number of hydrogen-bond acceptors (Lipinski definition) is 4. The van der Waals surface area contributed by atoms with E-state index in [4.69, 9.17) is 0 Å². The molecule has 0 saturated carbocycles. The van der Waals surface area contributed by atoms with Crippen LogP contribution in [0.5, 0.6) is 0 Å². The first kappa shape index (κ1) is 17.5. The maximum absolute atomic E-state index is 12.2. The van der Waals surface area contributed by atoms with Crippen molar-refractivity contribution in [1.29, 1.82) is 0 Å². The van der Waals surface area contributed by atoms with Crippen LogP contribution in [-0.4, -0.2) is 47.0 Å². The van der Waals surface area contributed by atoms with Crippen LogP contribution in [0.4, 0.5) is 0 Å². The molecule has 3 rings (SSSR count). The zero-order valence-electron chi connectivity index (χ0n) is 15.2. The van der Waals surface area contributed by atoms with Gasteiger partial charge in [0.15, 0.2) is 0 Å². The van der Waals surface area contributed by atoms with Crippen LogP contribution >= 0.6 is 0 Å². The van der Waals surface area contributed by atoms with Crippen LogP contribution in [0.1, 0.15) is 45.5 Å². The number of amides is 1. The van der Waals surface area contributed by atoms with E-state index in [9.17, 15) is 4.79 Å². The first-order chi connectivity index (χ1) is 12.0. The lowest BCUT2D eigenvalue weighted by Gasteiger charge is -2.17. The lowest BCUT2D eigenvalue weighted by molar-refractivity contribution is 0.0944. The number of aromatic nitrogens is 2. The van der Waals surface area contributed by atoms with E-state index >= 15 is 0 Å². The largest absolute Gasteiger partial charge is 0.349 e. The van der Waals surface area contributed by atoms with Gasteiger partial charge in [0.25, 0.3) is 5.91 Å². The van der Waals surface area contributed by atoms with Crippen LogP contribution in [0.2, 0.25) is 0 Å². The number of nitrogens with one attached hydrogen (secondary N) is 1. The summed E-state index contributed by atoms with van der Waals surface area (Å²) in [5.41, 5.74) is 4.10. The van der Waals surface area contributed by atoms with Crippen molar-refractivity contribution >= 4 is 5.91 Å². The molecule has 1 N–H and O–H groups in total. The Morgan fingerprint density at radius 1 is 1.24 bits per heavy atom. The molecule has 1 unspecified atom stereocenters. The van der Waals surface area contributed by atoms with Crippen molar-refractivity contribution in [1.82, 2.24) is 20.2 Å².